The van der Waals surface area contributed by atoms with Crippen molar-refractivity contribution in [2.45, 2.75) is 25.5 Å². The lowest BCUT2D eigenvalue weighted by atomic mass is 9.98. The van der Waals surface area contributed by atoms with Gasteiger partial charge >= 0.3 is 5.97 Å². The van der Waals surface area contributed by atoms with Crippen molar-refractivity contribution in [3.05, 3.63) is 35.9 Å². The van der Waals surface area contributed by atoms with Crippen LogP contribution < -0.4 is 0 Å². The number of rotatable bonds is 2. The molecule has 0 radical (unpaired) electrons. The number of esters is 1. The van der Waals surface area contributed by atoms with Crippen LogP contribution in [0.25, 0.3) is 0 Å². The van der Waals surface area contributed by atoms with Crippen LogP contribution in [0.1, 0.15) is 19.4 Å². The Morgan fingerprint density at radius 3 is 2.65 bits per heavy atom. The quantitative estimate of drug-likeness (QED) is 0.731. The zero-order valence-corrected chi connectivity index (χ0v) is 10.1. The average molecular weight is 233 g/mol. The van der Waals surface area contributed by atoms with Gasteiger partial charge in [0.25, 0.3) is 0 Å². The van der Waals surface area contributed by atoms with Crippen molar-refractivity contribution in [3.63, 3.8) is 0 Å². The largest absolute Gasteiger partial charge is 0.471 e. The summed E-state index contributed by atoms with van der Waals surface area (Å²) in [7, 11) is 1.36. The maximum absolute atomic E-state index is 11.7. The number of ether oxygens (including phenoxy) is 2. The Hall–Kier alpha value is -1.84. The van der Waals surface area contributed by atoms with Gasteiger partial charge in [-0.3, -0.25) is 0 Å². The summed E-state index contributed by atoms with van der Waals surface area (Å²) in [5, 5.41) is 0. The first-order chi connectivity index (χ1) is 8.08. The topological polar surface area (TPSA) is 47.9 Å². The first-order valence-electron chi connectivity index (χ1n) is 5.48. The standard InChI is InChI=1S/C13H15NO3/c1-9-13(2,12(15)16-3)14-11(17-9)10-7-5-4-6-8-10/h4-9H,1-3H3/t9-,13-/m1/s1. The second kappa shape index (κ2) is 4.20. The molecule has 0 saturated carbocycles. The van der Waals surface area contributed by atoms with E-state index in [1.54, 1.807) is 6.92 Å². The number of carbonyl (C=O) groups is 1. The van der Waals surface area contributed by atoms with E-state index in [0.29, 0.717) is 5.90 Å². The molecule has 4 heteroatoms. The third kappa shape index (κ3) is 1.90. The van der Waals surface area contributed by atoms with Gasteiger partial charge < -0.3 is 9.47 Å². The first kappa shape index (κ1) is 11.6. The van der Waals surface area contributed by atoms with Crippen molar-refractivity contribution in [2.75, 3.05) is 7.11 Å². The fourth-order valence-corrected chi connectivity index (χ4v) is 1.74. The number of aliphatic imine (C=N–C) groups is 1. The fourth-order valence-electron chi connectivity index (χ4n) is 1.74. The maximum Gasteiger partial charge on any atom is 0.337 e. The van der Waals surface area contributed by atoms with Crippen LogP contribution in [0.5, 0.6) is 0 Å². The lowest BCUT2D eigenvalue weighted by Gasteiger charge is -2.20. The average Bonchev–Trinajstić information content (AvgIpc) is 2.67. The van der Waals surface area contributed by atoms with Crippen LogP contribution in [0.2, 0.25) is 0 Å². The molecule has 1 aliphatic heterocycles. The van der Waals surface area contributed by atoms with E-state index in [4.69, 9.17) is 9.47 Å². The van der Waals surface area contributed by atoms with Crippen molar-refractivity contribution in [1.29, 1.82) is 0 Å². The molecular formula is C13H15NO3. The predicted octanol–water partition coefficient (Wildman–Crippen LogP) is 1.78. The lowest BCUT2D eigenvalue weighted by molar-refractivity contribution is -0.148. The summed E-state index contributed by atoms with van der Waals surface area (Å²) in [6.07, 6.45) is -0.329. The molecule has 0 spiro atoms. The van der Waals surface area contributed by atoms with Gasteiger partial charge in [0.1, 0.15) is 6.10 Å². The molecule has 4 nitrogen and oxygen atoms in total. The third-order valence-electron chi connectivity index (χ3n) is 3.03. The molecule has 1 aromatic carbocycles. The molecule has 0 saturated heterocycles. The SMILES string of the molecule is COC(=O)[C@]1(C)N=C(c2ccccc2)O[C@@H]1C. The number of benzene rings is 1. The van der Waals surface area contributed by atoms with Gasteiger partial charge in [-0.2, -0.15) is 0 Å². The Kier molecular flexibility index (Phi) is 2.88. The molecule has 2 atom stereocenters. The van der Waals surface area contributed by atoms with Gasteiger partial charge in [0, 0.05) is 5.56 Å². The first-order valence-corrected chi connectivity index (χ1v) is 5.48. The molecule has 0 bridgehead atoms. The summed E-state index contributed by atoms with van der Waals surface area (Å²) in [4.78, 5) is 16.1. The van der Waals surface area contributed by atoms with E-state index in [9.17, 15) is 4.79 Å². The van der Waals surface area contributed by atoms with Crippen molar-refractivity contribution in [1.82, 2.24) is 0 Å². The second-order valence-electron chi connectivity index (χ2n) is 4.18. The Labute approximate surface area is 100 Å². The second-order valence-corrected chi connectivity index (χ2v) is 4.18. The van der Waals surface area contributed by atoms with Crippen LogP contribution in [0.15, 0.2) is 35.3 Å². The number of methoxy groups -OCH3 is 1. The van der Waals surface area contributed by atoms with Crippen LogP contribution in [0.3, 0.4) is 0 Å². The van der Waals surface area contributed by atoms with E-state index in [1.165, 1.54) is 7.11 Å². The van der Waals surface area contributed by atoms with Crippen molar-refractivity contribution < 1.29 is 14.3 Å². The van der Waals surface area contributed by atoms with Gasteiger partial charge in [-0.05, 0) is 26.0 Å². The molecule has 1 heterocycles. The van der Waals surface area contributed by atoms with E-state index in [-0.39, 0.29) is 12.1 Å². The number of hydrogen-bond donors (Lipinski definition) is 0. The molecule has 2 rings (SSSR count). The number of carbonyl (C=O) groups excluding carboxylic acids is 1. The molecule has 0 aliphatic carbocycles. The van der Waals surface area contributed by atoms with Crippen molar-refractivity contribution >= 4 is 11.9 Å². The van der Waals surface area contributed by atoms with E-state index in [2.05, 4.69) is 4.99 Å². The minimum absolute atomic E-state index is 0.329. The molecule has 1 aromatic rings. The molecule has 0 unspecified atom stereocenters. The summed E-state index contributed by atoms with van der Waals surface area (Å²) < 4.78 is 10.4. The number of nitrogens with zero attached hydrogens (tertiary/aromatic N) is 1. The summed E-state index contributed by atoms with van der Waals surface area (Å²) in [6.45, 7) is 3.54. The molecule has 90 valence electrons. The van der Waals surface area contributed by atoms with Crippen molar-refractivity contribution in [2.24, 2.45) is 4.99 Å². The lowest BCUT2D eigenvalue weighted by Crippen LogP contribution is -2.42. The predicted molar refractivity (Wildman–Crippen MR) is 63.9 cm³/mol. The van der Waals surface area contributed by atoms with Gasteiger partial charge in [-0.25, -0.2) is 9.79 Å². The molecule has 0 amide bonds. The van der Waals surface area contributed by atoms with Gasteiger partial charge in [0.15, 0.2) is 5.54 Å². The fraction of sp³-hybridized carbons (Fsp3) is 0.385. The van der Waals surface area contributed by atoms with Crippen LogP contribution in [0.4, 0.5) is 0 Å². The third-order valence-corrected chi connectivity index (χ3v) is 3.03. The highest BCUT2D eigenvalue weighted by Crippen LogP contribution is 2.28. The minimum atomic E-state index is -0.958. The van der Waals surface area contributed by atoms with Gasteiger partial charge in [0.05, 0.1) is 7.11 Å². The summed E-state index contributed by atoms with van der Waals surface area (Å²) in [5.41, 5.74) is -0.0908. The molecule has 0 fully saturated rings. The zero-order chi connectivity index (χ0) is 12.5. The van der Waals surface area contributed by atoms with Crippen molar-refractivity contribution in [3.8, 4) is 0 Å². The molecule has 0 aromatic heterocycles. The summed E-state index contributed by atoms with van der Waals surface area (Å²) in [5.74, 6) is 0.113. The van der Waals surface area contributed by atoms with Crippen LogP contribution in [0, 0.1) is 0 Å². The van der Waals surface area contributed by atoms with Gasteiger partial charge in [-0.1, -0.05) is 18.2 Å². The van der Waals surface area contributed by atoms with Crippen LogP contribution in [-0.2, 0) is 14.3 Å². The Balaban J connectivity index is 2.35. The Morgan fingerprint density at radius 2 is 2.06 bits per heavy atom. The highest BCUT2D eigenvalue weighted by Gasteiger charge is 2.47. The Morgan fingerprint density at radius 1 is 1.41 bits per heavy atom. The van der Waals surface area contributed by atoms with Gasteiger partial charge in [-0.15, -0.1) is 0 Å². The van der Waals surface area contributed by atoms with E-state index < -0.39 is 5.54 Å². The highest BCUT2D eigenvalue weighted by molar-refractivity contribution is 5.99. The van der Waals surface area contributed by atoms with E-state index in [0.717, 1.165) is 5.56 Å². The Bertz CT molecular complexity index is 455. The van der Waals surface area contributed by atoms with E-state index >= 15 is 0 Å². The van der Waals surface area contributed by atoms with E-state index in [1.807, 2.05) is 37.3 Å². The minimum Gasteiger partial charge on any atom is -0.471 e. The van der Waals surface area contributed by atoms with Crippen LogP contribution >= 0.6 is 0 Å². The van der Waals surface area contributed by atoms with Crippen LogP contribution in [-0.4, -0.2) is 30.6 Å². The normalized spacial score (nSPS) is 27.2. The summed E-state index contributed by atoms with van der Waals surface area (Å²) in [6, 6.07) is 9.52. The number of hydrogen-bond acceptors (Lipinski definition) is 4. The molecule has 0 N–H and O–H groups in total. The monoisotopic (exact) mass is 233 g/mol. The summed E-state index contributed by atoms with van der Waals surface area (Å²) >= 11 is 0. The smallest absolute Gasteiger partial charge is 0.337 e. The molecular weight excluding hydrogens is 218 g/mol. The zero-order valence-electron chi connectivity index (χ0n) is 10.1. The van der Waals surface area contributed by atoms with Gasteiger partial charge in [0.2, 0.25) is 5.90 Å². The molecule has 1 aliphatic rings. The highest BCUT2D eigenvalue weighted by atomic mass is 16.5. The molecule has 17 heavy (non-hydrogen) atoms. The maximum atomic E-state index is 11.7.